The van der Waals surface area contributed by atoms with Crippen molar-refractivity contribution in [2.45, 2.75) is 65.2 Å². The lowest BCUT2D eigenvalue weighted by Crippen LogP contribution is -2.22. The molecule has 0 rings (SSSR count). The van der Waals surface area contributed by atoms with Gasteiger partial charge in [-0.1, -0.05) is 13.8 Å². The molecule has 0 fully saturated rings. The highest BCUT2D eigenvalue weighted by Crippen LogP contribution is 1.90. The van der Waals surface area contributed by atoms with Gasteiger partial charge >= 0.3 is 0 Å². The van der Waals surface area contributed by atoms with Crippen molar-refractivity contribution in [3.8, 4) is 0 Å². The minimum Gasteiger partial charge on any atom is -0.317 e. The second-order valence-electron chi connectivity index (χ2n) is 6.79. The molecule has 5 nitrogen and oxygen atoms in total. The fraction of sp³-hybridized carbons (Fsp3) is 1.00. The average molecular weight is 358 g/mol. The lowest BCUT2D eigenvalue weighted by atomic mass is 10.2. The van der Waals surface area contributed by atoms with Gasteiger partial charge in [0.05, 0.1) is 0 Å². The van der Waals surface area contributed by atoms with Gasteiger partial charge in [0.25, 0.3) is 0 Å². The van der Waals surface area contributed by atoms with E-state index >= 15 is 0 Å². The molecule has 0 aromatic rings. The second-order valence-corrected chi connectivity index (χ2v) is 6.79. The summed E-state index contributed by atoms with van der Waals surface area (Å²) in [6.45, 7) is 15.8. The van der Waals surface area contributed by atoms with E-state index in [2.05, 4.69) is 40.4 Å². The van der Waals surface area contributed by atoms with Crippen molar-refractivity contribution in [1.82, 2.24) is 26.6 Å². The minimum atomic E-state index is 1.09. The fourth-order valence-electron chi connectivity index (χ4n) is 2.73. The first-order valence-corrected chi connectivity index (χ1v) is 10.9. The third kappa shape index (κ3) is 23.8. The summed E-state index contributed by atoms with van der Waals surface area (Å²) in [7, 11) is 0. The smallest absolute Gasteiger partial charge is 0.00484 e. The summed E-state index contributed by atoms with van der Waals surface area (Å²) in [6.07, 6.45) is 10.3. The second kappa shape index (κ2) is 23.8. The Kier molecular flexibility index (Phi) is 23.6. The van der Waals surface area contributed by atoms with Crippen molar-refractivity contribution in [1.29, 1.82) is 0 Å². The van der Waals surface area contributed by atoms with Crippen LogP contribution in [0.2, 0.25) is 0 Å². The molecule has 0 amide bonds. The van der Waals surface area contributed by atoms with Gasteiger partial charge in [-0.2, -0.15) is 0 Å². The zero-order valence-corrected chi connectivity index (χ0v) is 17.2. The van der Waals surface area contributed by atoms with E-state index in [4.69, 9.17) is 0 Å². The van der Waals surface area contributed by atoms with E-state index < -0.39 is 0 Å². The molecule has 0 aromatic heterocycles. The van der Waals surface area contributed by atoms with E-state index in [9.17, 15) is 0 Å². The Hall–Kier alpha value is -0.200. The van der Waals surface area contributed by atoms with Crippen molar-refractivity contribution in [2.75, 3.05) is 65.4 Å². The van der Waals surface area contributed by atoms with E-state index in [1.807, 2.05) is 0 Å². The molecule has 0 bridgehead atoms. The maximum Gasteiger partial charge on any atom is -0.00484 e. The Morgan fingerprint density at radius 2 is 0.520 bits per heavy atom. The summed E-state index contributed by atoms with van der Waals surface area (Å²) in [5.74, 6) is 0. The van der Waals surface area contributed by atoms with Gasteiger partial charge in [-0.25, -0.2) is 0 Å². The predicted molar refractivity (Wildman–Crippen MR) is 113 cm³/mol. The van der Waals surface area contributed by atoms with Gasteiger partial charge in [0.2, 0.25) is 0 Å². The summed E-state index contributed by atoms with van der Waals surface area (Å²) in [5.41, 5.74) is 0. The summed E-state index contributed by atoms with van der Waals surface area (Å²) in [5, 5.41) is 17.4. The van der Waals surface area contributed by atoms with Crippen LogP contribution in [0.25, 0.3) is 0 Å². The molecule has 5 N–H and O–H groups in total. The molecular weight excluding hydrogens is 310 g/mol. The number of hydrogen-bond acceptors (Lipinski definition) is 5. The number of unbranched alkanes of at least 4 members (excludes halogenated alkanes) is 4. The standard InChI is InChI=1S/C20H47N5/c1-3-21-13-5-7-15-23-17-9-11-19-25-20-12-10-18-24-16-8-6-14-22-4-2/h21-25H,3-20H2,1-2H3. The predicted octanol–water partition coefficient (Wildman–Crippen LogP) is 2.10. The first-order valence-electron chi connectivity index (χ1n) is 10.9. The van der Waals surface area contributed by atoms with Crippen LogP contribution < -0.4 is 26.6 Å². The third-order valence-corrected chi connectivity index (χ3v) is 4.33. The third-order valence-electron chi connectivity index (χ3n) is 4.33. The van der Waals surface area contributed by atoms with E-state index in [-0.39, 0.29) is 0 Å². The zero-order chi connectivity index (χ0) is 18.3. The molecule has 0 aliphatic heterocycles. The molecule has 0 saturated heterocycles. The molecular formula is C20H47N5. The Labute approximate surface area is 157 Å². The highest BCUT2D eigenvalue weighted by atomic mass is 14.9. The molecule has 0 aromatic carbocycles. The normalized spacial score (nSPS) is 11.3. The van der Waals surface area contributed by atoms with Gasteiger partial charge in [0.15, 0.2) is 0 Å². The number of hydrogen-bond donors (Lipinski definition) is 5. The Morgan fingerprint density at radius 1 is 0.320 bits per heavy atom. The maximum absolute atomic E-state index is 3.56. The first kappa shape index (κ1) is 24.8. The molecule has 0 atom stereocenters. The van der Waals surface area contributed by atoms with E-state index in [0.717, 1.165) is 26.2 Å². The van der Waals surface area contributed by atoms with Crippen molar-refractivity contribution in [2.24, 2.45) is 0 Å². The van der Waals surface area contributed by atoms with Gasteiger partial charge in [0, 0.05) is 0 Å². The summed E-state index contributed by atoms with van der Waals surface area (Å²) in [6, 6.07) is 0. The number of rotatable bonds is 22. The molecule has 152 valence electrons. The van der Waals surface area contributed by atoms with Crippen LogP contribution >= 0.6 is 0 Å². The molecule has 25 heavy (non-hydrogen) atoms. The van der Waals surface area contributed by atoms with Crippen LogP contribution in [0.15, 0.2) is 0 Å². The molecule has 0 aliphatic carbocycles. The average Bonchev–Trinajstić information content (AvgIpc) is 2.63. The quantitative estimate of drug-likeness (QED) is 0.192. The molecule has 0 spiro atoms. The van der Waals surface area contributed by atoms with E-state index in [1.54, 1.807) is 0 Å². The minimum absolute atomic E-state index is 1.09. The molecule has 5 heteroatoms. The fourth-order valence-corrected chi connectivity index (χ4v) is 2.73. The summed E-state index contributed by atoms with van der Waals surface area (Å²) in [4.78, 5) is 0. The van der Waals surface area contributed by atoms with Crippen LogP contribution in [-0.4, -0.2) is 65.4 Å². The Bertz CT molecular complexity index is 204. The lowest BCUT2D eigenvalue weighted by Gasteiger charge is -2.07. The molecule has 0 heterocycles. The van der Waals surface area contributed by atoms with Gasteiger partial charge in [-0.3, -0.25) is 0 Å². The lowest BCUT2D eigenvalue weighted by molar-refractivity contribution is 0.537. The van der Waals surface area contributed by atoms with Crippen molar-refractivity contribution in [3.05, 3.63) is 0 Å². The number of nitrogens with one attached hydrogen (secondary N) is 5. The van der Waals surface area contributed by atoms with Gasteiger partial charge in [-0.05, 0) is 117 Å². The highest BCUT2D eigenvalue weighted by molar-refractivity contribution is 4.55. The van der Waals surface area contributed by atoms with Crippen LogP contribution in [-0.2, 0) is 0 Å². The SMILES string of the molecule is CCNCCCCNCCCCNCCCCNCCCCNCC. The molecule has 0 aliphatic rings. The van der Waals surface area contributed by atoms with Crippen LogP contribution in [0.5, 0.6) is 0 Å². The van der Waals surface area contributed by atoms with Crippen LogP contribution in [0.4, 0.5) is 0 Å². The molecule has 0 unspecified atom stereocenters. The van der Waals surface area contributed by atoms with Crippen molar-refractivity contribution >= 4 is 0 Å². The van der Waals surface area contributed by atoms with Crippen LogP contribution in [0.3, 0.4) is 0 Å². The monoisotopic (exact) mass is 357 g/mol. The molecule has 0 radical (unpaired) electrons. The van der Waals surface area contributed by atoms with Gasteiger partial charge in [-0.15, -0.1) is 0 Å². The summed E-state index contributed by atoms with van der Waals surface area (Å²) < 4.78 is 0. The van der Waals surface area contributed by atoms with Gasteiger partial charge < -0.3 is 26.6 Å². The first-order chi connectivity index (χ1) is 12.4. The Morgan fingerprint density at radius 3 is 0.720 bits per heavy atom. The summed E-state index contributed by atoms with van der Waals surface area (Å²) >= 11 is 0. The molecule has 0 saturated carbocycles. The van der Waals surface area contributed by atoms with Crippen molar-refractivity contribution in [3.63, 3.8) is 0 Å². The van der Waals surface area contributed by atoms with Crippen LogP contribution in [0, 0.1) is 0 Å². The largest absolute Gasteiger partial charge is 0.317 e. The maximum atomic E-state index is 3.56. The topological polar surface area (TPSA) is 60.1 Å². The van der Waals surface area contributed by atoms with E-state index in [1.165, 1.54) is 90.6 Å². The van der Waals surface area contributed by atoms with Crippen molar-refractivity contribution < 1.29 is 0 Å². The van der Waals surface area contributed by atoms with Gasteiger partial charge in [0.1, 0.15) is 0 Å². The zero-order valence-electron chi connectivity index (χ0n) is 17.2. The Balaban J connectivity index is 2.94. The highest BCUT2D eigenvalue weighted by Gasteiger charge is 1.93. The van der Waals surface area contributed by atoms with E-state index in [0.29, 0.717) is 0 Å². The van der Waals surface area contributed by atoms with Crippen LogP contribution in [0.1, 0.15) is 65.2 Å².